The summed E-state index contributed by atoms with van der Waals surface area (Å²) in [6.45, 7) is 0. The summed E-state index contributed by atoms with van der Waals surface area (Å²) in [5.41, 5.74) is 5.19. The molecule has 0 fully saturated rings. The lowest BCUT2D eigenvalue weighted by molar-refractivity contribution is -0.384. The number of aromatic nitrogens is 2. The average Bonchev–Trinajstić information content (AvgIpc) is 2.34. The molecule has 0 aliphatic rings. The Balaban J connectivity index is 2.23. The highest BCUT2D eigenvalue weighted by molar-refractivity contribution is 5.38. The van der Waals surface area contributed by atoms with Crippen molar-refractivity contribution in [3.05, 3.63) is 46.4 Å². The Bertz CT molecular complexity index is 588. The quantitative estimate of drug-likeness (QED) is 0.658. The number of benzene rings is 1. The molecule has 2 rings (SSSR count). The SMILES string of the molecule is Nc1ncc(F)c(Oc2ccc([N+](=O)[O-])cc2)n1. The molecule has 18 heavy (non-hydrogen) atoms. The second kappa shape index (κ2) is 4.62. The summed E-state index contributed by atoms with van der Waals surface area (Å²) in [5.74, 6) is -1.04. The third kappa shape index (κ3) is 2.48. The van der Waals surface area contributed by atoms with Crippen LogP contribution in [0.15, 0.2) is 30.5 Å². The monoisotopic (exact) mass is 250 g/mol. The molecule has 0 radical (unpaired) electrons. The summed E-state index contributed by atoms with van der Waals surface area (Å²) in [4.78, 5) is 16.9. The predicted molar refractivity (Wildman–Crippen MR) is 59.6 cm³/mol. The first kappa shape index (κ1) is 11.7. The van der Waals surface area contributed by atoms with E-state index in [1.54, 1.807) is 0 Å². The summed E-state index contributed by atoms with van der Waals surface area (Å²) in [5, 5.41) is 10.4. The van der Waals surface area contributed by atoms with Gasteiger partial charge in [-0.3, -0.25) is 10.1 Å². The van der Waals surface area contributed by atoms with Crippen LogP contribution < -0.4 is 10.5 Å². The van der Waals surface area contributed by atoms with Crippen LogP contribution in [-0.2, 0) is 0 Å². The fraction of sp³-hybridized carbons (Fsp3) is 0. The second-order valence-electron chi connectivity index (χ2n) is 3.23. The second-order valence-corrected chi connectivity index (χ2v) is 3.23. The number of hydrogen-bond donors (Lipinski definition) is 1. The van der Waals surface area contributed by atoms with Gasteiger partial charge in [-0.25, -0.2) is 4.98 Å². The third-order valence-electron chi connectivity index (χ3n) is 1.99. The minimum atomic E-state index is -0.775. The van der Waals surface area contributed by atoms with Gasteiger partial charge in [0.2, 0.25) is 11.8 Å². The van der Waals surface area contributed by atoms with E-state index >= 15 is 0 Å². The maximum absolute atomic E-state index is 13.2. The van der Waals surface area contributed by atoms with Gasteiger partial charge in [0.1, 0.15) is 5.75 Å². The van der Waals surface area contributed by atoms with E-state index in [-0.39, 0.29) is 23.3 Å². The van der Waals surface area contributed by atoms with Crippen LogP contribution in [0.2, 0.25) is 0 Å². The van der Waals surface area contributed by atoms with Crippen molar-refractivity contribution in [1.29, 1.82) is 0 Å². The van der Waals surface area contributed by atoms with E-state index in [9.17, 15) is 14.5 Å². The van der Waals surface area contributed by atoms with Gasteiger partial charge < -0.3 is 10.5 Å². The largest absolute Gasteiger partial charge is 0.436 e. The molecule has 1 aromatic heterocycles. The van der Waals surface area contributed by atoms with Gasteiger partial charge in [-0.05, 0) is 12.1 Å². The molecule has 7 nitrogen and oxygen atoms in total. The van der Waals surface area contributed by atoms with Crippen molar-refractivity contribution in [3.8, 4) is 11.6 Å². The standard InChI is InChI=1S/C10H7FN4O3/c11-8-5-13-10(12)14-9(8)18-7-3-1-6(2-4-7)15(16)17/h1-5H,(H2,12,13,14). The van der Waals surface area contributed by atoms with Gasteiger partial charge in [0, 0.05) is 12.1 Å². The van der Waals surface area contributed by atoms with Crippen LogP contribution in [-0.4, -0.2) is 14.9 Å². The van der Waals surface area contributed by atoms with Gasteiger partial charge in [-0.2, -0.15) is 9.37 Å². The van der Waals surface area contributed by atoms with Gasteiger partial charge in [0.05, 0.1) is 11.1 Å². The number of nitrogens with two attached hydrogens (primary N) is 1. The van der Waals surface area contributed by atoms with Crippen LogP contribution in [0.3, 0.4) is 0 Å². The maximum atomic E-state index is 13.2. The van der Waals surface area contributed by atoms with E-state index in [1.807, 2.05) is 0 Å². The molecular weight excluding hydrogens is 243 g/mol. The molecule has 2 N–H and O–H groups in total. The van der Waals surface area contributed by atoms with Gasteiger partial charge >= 0.3 is 0 Å². The number of halogens is 1. The van der Waals surface area contributed by atoms with E-state index in [4.69, 9.17) is 10.5 Å². The van der Waals surface area contributed by atoms with Crippen molar-refractivity contribution in [2.45, 2.75) is 0 Å². The number of rotatable bonds is 3. The Morgan fingerprint density at radius 2 is 2.00 bits per heavy atom. The Morgan fingerprint density at radius 3 is 2.61 bits per heavy atom. The van der Waals surface area contributed by atoms with Crippen molar-refractivity contribution in [1.82, 2.24) is 9.97 Å². The number of non-ortho nitro benzene ring substituents is 1. The van der Waals surface area contributed by atoms with E-state index < -0.39 is 10.7 Å². The van der Waals surface area contributed by atoms with Crippen molar-refractivity contribution >= 4 is 11.6 Å². The lowest BCUT2D eigenvalue weighted by atomic mass is 10.3. The summed E-state index contributed by atoms with van der Waals surface area (Å²) in [6.07, 6.45) is 0.878. The highest BCUT2D eigenvalue weighted by Gasteiger charge is 2.10. The van der Waals surface area contributed by atoms with Gasteiger partial charge in [0.15, 0.2) is 0 Å². The number of nitro groups is 1. The maximum Gasteiger partial charge on any atom is 0.269 e. The molecular formula is C10H7FN4O3. The van der Waals surface area contributed by atoms with Crippen LogP contribution in [0.5, 0.6) is 11.6 Å². The van der Waals surface area contributed by atoms with Crippen molar-refractivity contribution in [2.24, 2.45) is 0 Å². The molecule has 0 aliphatic heterocycles. The molecule has 8 heteroatoms. The van der Waals surface area contributed by atoms with E-state index in [2.05, 4.69) is 9.97 Å². The Kier molecular flexibility index (Phi) is 3.00. The Hall–Kier alpha value is -2.77. The summed E-state index contributed by atoms with van der Waals surface area (Å²) < 4.78 is 18.3. The molecule has 1 aromatic carbocycles. The highest BCUT2D eigenvalue weighted by Crippen LogP contribution is 2.24. The number of nitro benzene ring substituents is 1. The molecule has 0 unspecified atom stereocenters. The molecule has 0 bridgehead atoms. The topological polar surface area (TPSA) is 104 Å². The zero-order chi connectivity index (χ0) is 13.1. The minimum absolute atomic E-state index is 0.0926. The van der Waals surface area contributed by atoms with Crippen LogP contribution in [0.25, 0.3) is 0 Å². The van der Waals surface area contributed by atoms with E-state index in [0.29, 0.717) is 0 Å². The molecule has 2 aromatic rings. The molecule has 1 heterocycles. The molecule has 0 saturated carbocycles. The van der Waals surface area contributed by atoms with Crippen LogP contribution in [0, 0.1) is 15.9 Å². The number of anilines is 1. The highest BCUT2D eigenvalue weighted by atomic mass is 19.1. The van der Waals surface area contributed by atoms with Crippen molar-refractivity contribution in [3.63, 3.8) is 0 Å². The Labute approximate surface area is 100 Å². The van der Waals surface area contributed by atoms with E-state index in [1.165, 1.54) is 24.3 Å². The molecule has 0 amide bonds. The summed E-state index contributed by atoms with van der Waals surface area (Å²) in [6, 6.07) is 5.13. The number of nitrogens with zero attached hydrogens (tertiary/aromatic N) is 3. The number of nitrogen functional groups attached to an aromatic ring is 1. The Morgan fingerprint density at radius 1 is 1.33 bits per heavy atom. The van der Waals surface area contributed by atoms with Gasteiger partial charge in [-0.15, -0.1) is 0 Å². The van der Waals surface area contributed by atoms with Crippen LogP contribution >= 0.6 is 0 Å². The first-order valence-corrected chi connectivity index (χ1v) is 4.76. The molecule has 0 spiro atoms. The summed E-state index contributed by atoms with van der Waals surface area (Å²) >= 11 is 0. The third-order valence-corrected chi connectivity index (χ3v) is 1.99. The fourth-order valence-electron chi connectivity index (χ4n) is 1.18. The van der Waals surface area contributed by atoms with Gasteiger partial charge in [0.25, 0.3) is 11.6 Å². The van der Waals surface area contributed by atoms with Gasteiger partial charge in [-0.1, -0.05) is 0 Å². The first-order valence-electron chi connectivity index (χ1n) is 4.76. The smallest absolute Gasteiger partial charge is 0.269 e. The summed E-state index contributed by atoms with van der Waals surface area (Å²) in [7, 11) is 0. The van der Waals surface area contributed by atoms with Crippen molar-refractivity contribution in [2.75, 3.05) is 5.73 Å². The van der Waals surface area contributed by atoms with Crippen molar-refractivity contribution < 1.29 is 14.1 Å². The molecule has 92 valence electrons. The first-order chi connectivity index (χ1) is 8.56. The van der Waals surface area contributed by atoms with Crippen LogP contribution in [0.4, 0.5) is 16.0 Å². The van der Waals surface area contributed by atoms with Crippen LogP contribution in [0.1, 0.15) is 0 Å². The zero-order valence-corrected chi connectivity index (χ0v) is 8.91. The average molecular weight is 250 g/mol. The number of hydrogen-bond acceptors (Lipinski definition) is 6. The molecule has 0 saturated heterocycles. The fourth-order valence-corrected chi connectivity index (χ4v) is 1.18. The van der Waals surface area contributed by atoms with E-state index in [0.717, 1.165) is 6.20 Å². The lowest BCUT2D eigenvalue weighted by Crippen LogP contribution is -1.99. The number of ether oxygens (including phenoxy) is 1. The normalized spacial score (nSPS) is 10.1. The minimum Gasteiger partial charge on any atom is -0.436 e. The molecule has 0 aliphatic carbocycles. The predicted octanol–water partition coefficient (Wildman–Crippen LogP) is 1.90. The zero-order valence-electron chi connectivity index (χ0n) is 8.91. The molecule has 0 atom stereocenters. The lowest BCUT2D eigenvalue weighted by Gasteiger charge is -2.05.